The summed E-state index contributed by atoms with van der Waals surface area (Å²) in [5.41, 5.74) is 0.956. The minimum absolute atomic E-state index is 0.325. The fourth-order valence-electron chi connectivity index (χ4n) is 1.03. The van der Waals surface area contributed by atoms with Crippen LogP contribution in [-0.4, -0.2) is 25.4 Å². The van der Waals surface area contributed by atoms with Gasteiger partial charge in [0, 0.05) is 25.2 Å². The van der Waals surface area contributed by atoms with Crippen LogP contribution in [0.1, 0.15) is 12.0 Å². The first kappa shape index (κ1) is 10.3. The molecule has 0 saturated carbocycles. The molecule has 0 atom stereocenters. The van der Waals surface area contributed by atoms with E-state index in [-0.39, 0.29) is 0 Å². The molecule has 0 aliphatic carbocycles. The van der Waals surface area contributed by atoms with Gasteiger partial charge in [-0.3, -0.25) is 4.99 Å². The van der Waals surface area contributed by atoms with Crippen LogP contribution < -0.4 is 0 Å². The van der Waals surface area contributed by atoms with Gasteiger partial charge in [-0.05, 0) is 0 Å². The molecule has 0 bridgehead atoms. The monoisotopic (exact) mass is 188 g/mol. The molecule has 1 aromatic carbocycles. The number of benzene rings is 1. The first-order valence-corrected chi connectivity index (χ1v) is 4.37. The number of carbonyl (C=O) groups is 1. The van der Waals surface area contributed by atoms with Crippen molar-refractivity contribution in [3.8, 4) is 0 Å². The number of rotatable bonds is 3. The Balaban J connectivity index is 2.79. The number of hydrogen-bond acceptors (Lipinski definition) is 2. The van der Waals surface area contributed by atoms with Crippen molar-refractivity contribution >= 4 is 18.3 Å². The Morgan fingerprint density at radius 1 is 1.36 bits per heavy atom. The number of aldehydes is 1. The summed E-state index contributed by atoms with van der Waals surface area (Å²) in [6.45, 7) is 0. The molecule has 1 rings (SSSR count). The van der Waals surface area contributed by atoms with E-state index in [4.69, 9.17) is 0 Å². The second-order valence-electron chi connectivity index (χ2n) is 2.63. The zero-order valence-corrected chi connectivity index (χ0v) is 8.05. The van der Waals surface area contributed by atoms with Crippen LogP contribution in [0.25, 0.3) is 0 Å². The van der Waals surface area contributed by atoms with Gasteiger partial charge in [0.1, 0.15) is 6.29 Å². The average Bonchev–Trinajstić information content (AvgIpc) is 2.26. The van der Waals surface area contributed by atoms with Crippen molar-refractivity contribution in [2.75, 3.05) is 7.05 Å². The van der Waals surface area contributed by atoms with Gasteiger partial charge in [-0.1, -0.05) is 30.3 Å². The molecule has 3 heteroatoms. The first-order chi connectivity index (χ1) is 6.88. The van der Waals surface area contributed by atoms with Crippen molar-refractivity contribution in [1.29, 1.82) is 0 Å². The van der Waals surface area contributed by atoms with Crippen molar-refractivity contribution in [3.63, 3.8) is 0 Å². The highest BCUT2D eigenvalue weighted by molar-refractivity contribution is 6.03. The standard InChI is InChI=1S/C11H12N2O/c1-12-11(13-8-5-9-14)10-6-3-2-4-7-10/h2-4,6-9H,5H2,1H3. The SMILES string of the molecule is CN=C(N=CCC=O)c1ccccc1. The Bertz CT molecular complexity index is 342. The van der Waals surface area contributed by atoms with Gasteiger partial charge < -0.3 is 4.79 Å². The molecular weight excluding hydrogens is 176 g/mol. The van der Waals surface area contributed by atoms with Gasteiger partial charge in [0.15, 0.2) is 5.84 Å². The highest BCUT2D eigenvalue weighted by Crippen LogP contribution is 2.01. The minimum atomic E-state index is 0.325. The molecule has 0 aliphatic rings. The quantitative estimate of drug-likeness (QED) is 0.404. The molecule has 0 saturated heterocycles. The second-order valence-corrected chi connectivity index (χ2v) is 2.63. The van der Waals surface area contributed by atoms with E-state index in [2.05, 4.69) is 9.98 Å². The number of aliphatic imine (C=N–C) groups is 2. The smallest absolute Gasteiger partial charge is 0.153 e. The van der Waals surface area contributed by atoms with Gasteiger partial charge in [-0.15, -0.1) is 0 Å². The molecule has 0 aliphatic heterocycles. The summed E-state index contributed by atoms with van der Waals surface area (Å²) in [5.74, 6) is 0.646. The van der Waals surface area contributed by atoms with Crippen LogP contribution in [0, 0.1) is 0 Å². The second kappa shape index (κ2) is 5.80. The van der Waals surface area contributed by atoms with E-state index in [1.165, 1.54) is 0 Å². The highest BCUT2D eigenvalue weighted by Gasteiger charge is 1.96. The van der Waals surface area contributed by atoms with E-state index in [1.54, 1.807) is 13.3 Å². The summed E-state index contributed by atoms with van der Waals surface area (Å²) in [6.07, 6.45) is 2.69. The predicted molar refractivity (Wildman–Crippen MR) is 58.1 cm³/mol. The Kier molecular flexibility index (Phi) is 4.27. The molecule has 0 fully saturated rings. The number of hydrogen-bond donors (Lipinski definition) is 0. The normalized spacial score (nSPS) is 11.9. The molecule has 0 heterocycles. The van der Waals surface area contributed by atoms with Gasteiger partial charge in [-0.2, -0.15) is 0 Å². The molecule has 14 heavy (non-hydrogen) atoms. The topological polar surface area (TPSA) is 41.8 Å². The molecule has 0 N–H and O–H groups in total. The van der Waals surface area contributed by atoms with Crippen molar-refractivity contribution < 1.29 is 4.79 Å². The molecule has 0 aromatic heterocycles. The predicted octanol–water partition coefficient (Wildman–Crippen LogP) is 1.72. The maximum atomic E-state index is 10.1. The lowest BCUT2D eigenvalue weighted by Crippen LogP contribution is -1.97. The van der Waals surface area contributed by atoms with Gasteiger partial charge in [-0.25, -0.2) is 4.99 Å². The Morgan fingerprint density at radius 2 is 2.07 bits per heavy atom. The summed E-state index contributed by atoms with van der Waals surface area (Å²) in [5, 5.41) is 0. The lowest BCUT2D eigenvalue weighted by molar-refractivity contribution is -0.106. The van der Waals surface area contributed by atoms with Crippen molar-refractivity contribution in [2.24, 2.45) is 9.98 Å². The molecule has 1 aromatic rings. The third-order valence-corrected chi connectivity index (χ3v) is 1.66. The van der Waals surface area contributed by atoms with Crippen LogP contribution in [0.15, 0.2) is 40.3 Å². The van der Waals surface area contributed by atoms with E-state index < -0.39 is 0 Å². The zero-order chi connectivity index (χ0) is 10.2. The fourth-order valence-corrected chi connectivity index (χ4v) is 1.03. The van der Waals surface area contributed by atoms with Crippen LogP contribution in [-0.2, 0) is 4.79 Å². The maximum Gasteiger partial charge on any atom is 0.153 e. The van der Waals surface area contributed by atoms with Gasteiger partial charge in [0.2, 0.25) is 0 Å². The summed E-state index contributed by atoms with van der Waals surface area (Å²) < 4.78 is 0. The lowest BCUT2D eigenvalue weighted by Gasteiger charge is -1.97. The third-order valence-electron chi connectivity index (χ3n) is 1.66. The third kappa shape index (κ3) is 2.94. The van der Waals surface area contributed by atoms with Crippen LogP contribution in [0.5, 0.6) is 0 Å². The molecule has 0 radical (unpaired) electrons. The van der Waals surface area contributed by atoms with Crippen LogP contribution in [0.4, 0.5) is 0 Å². The largest absolute Gasteiger partial charge is 0.303 e. The molecule has 0 unspecified atom stereocenters. The Morgan fingerprint density at radius 3 is 2.64 bits per heavy atom. The zero-order valence-electron chi connectivity index (χ0n) is 8.05. The summed E-state index contributed by atoms with van der Waals surface area (Å²) in [6, 6.07) is 9.65. The average molecular weight is 188 g/mol. The van der Waals surface area contributed by atoms with Crippen LogP contribution in [0.2, 0.25) is 0 Å². The first-order valence-electron chi connectivity index (χ1n) is 4.37. The van der Waals surface area contributed by atoms with E-state index in [0.29, 0.717) is 12.3 Å². The van der Waals surface area contributed by atoms with Crippen LogP contribution >= 0.6 is 0 Å². The maximum absolute atomic E-state index is 10.1. The lowest BCUT2D eigenvalue weighted by atomic mass is 10.2. The number of carbonyl (C=O) groups excluding carboxylic acids is 1. The van der Waals surface area contributed by atoms with Gasteiger partial charge in [0.05, 0.1) is 0 Å². The Labute approximate surface area is 83.2 Å². The molecule has 3 nitrogen and oxygen atoms in total. The number of nitrogens with zero attached hydrogens (tertiary/aromatic N) is 2. The molecule has 0 spiro atoms. The van der Waals surface area contributed by atoms with Crippen molar-refractivity contribution in [2.45, 2.75) is 6.42 Å². The molecule has 0 amide bonds. The summed E-state index contributed by atoms with van der Waals surface area (Å²) in [4.78, 5) is 18.2. The molecular formula is C11H12N2O. The number of amidine groups is 1. The fraction of sp³-hybridized carbons (Fsp3) is 0.182. The van der Waals surface area contributed by atoms with Crippen LogP contribution in [0.3, 0.4) is 0 Å². The minimum Gasteiger partial charge on any atom is -0.303 e. The van der Waals surface area contributed by atoms with E-state index in [9.17, 15) is 4.79 Å². The van der Waals surface area contributed by atoms with E-state index >= 15 is 0 Å². The van der Waals surface area contributed by atoms with Gasteiger partial charge in [0.25, 0.3) is 0 Å². The van der Waals surface area contributed by atoms with Crippen molar-refractivity contribution in [3.05, 3.63) is 35.9 Å². The van der Waals surface area contributed by atoms with Crippen molar-refractivity contribution in [1.82, 2.24) is 0 Å². The molecule has 72 valence electrons. The summed E-state index contributed by atoms with van der Waals surface area (Å²) in [7, 11) is 1.68. The Hall–Kier alpha value is -1.77. The van der Waals surface area contributed by atoms with E-state index in [1.807, 2.05) is 30.3 Å². The summed E-state index contributed by atoms with van der Waals surface area (Å²) >= 11 is 0. The van der Waals surface area contributed by atoms with Gasteiger partial charge >= 0.3 is 0 Å². The highest BCUT2D eigenvalue weighted by atomic mass is 16.1. The van der Waals surface area contributed by atoms with E-state index in [0.717, 1.165) is 11.8 Å².